The zero-order valence-corrected chi connectivity index (χ0v) is 14.8. The van der Waals surface area contributed by atoms with Crippen molar-refractivity contribution in [3.05, 3.63) is 61.9 Å². The van der Waals surface area contributed by atoms with Crippen LogP contribution in [0.5, 0.6) is 0 Å². The number of nitrogens with zero attached hydrogens (tertiary/aromatic N) is 2. The van der Waals surface area contributed by atoms with E-state index in [2.05, 4.69) is 9.88 Å². The molecule has 8 nitrogen and oxygen atoms in total. The summed E-state index contributed by atoms with van der Waals surface area (Å²) in [4.78, 5) is 28.6. The largest absolute Gasteiger partial charge is 0.325 e. The van der Waals surface area contributed by atoms with E-state index in [-0.39, 0.29) is 13.1 Å². The molecule has 2 heterocycles. The van der Waals surface area contributed by atoms with E-state index in [0.717, 1.165) is 11.8 Å². The average Bonchev–Trinajstić information content (AvgIpc) is 2.57. The third-order valence-corrected chi connectivity index (χ3v) is 6.36. The van der Waals surface area contributed by atoms with Gasteiger partial charge in [0.1, 0.15) is 0 Å². The normalized spacial score (nSPS) is 16.8. The highest BCUT2D eigenvalue weighted by Crippen LogP contribution is 2.19. The Morgan fingerprint density at radius 1 is 1.08 bits per heavy atom. The van der Waals surface area contributed by atoms with Gasteiger partial charge in [0.15, 0.2) is 4.90 Å². The van der Waals surface area contributed by atoms with Gasteiger partial charge in [0, 0.05) is 43.9 Å². The van der Waals surface area contributed by atoms with Crippen LogP contribution >= 0.6 is 11.6 Å². The van der Waals surface area contributed by atoms with Crippen molar-refractivity contribution in [1.82, 2.24) is 19.2 Å². The molecule has 2 aromatic rings. The molecule has 1 aromatic carbocycles. The number of halogens is 1. The van der Waals surface area contributed by atoms with Crippen LogP contribution in [0.4, 0.5) is 0 Å². The SMILES string of the molecule is O=c1[nH]cc(S(=O)(=O)N2CCN(Cc3ccccc3Cl)CC2)c(=O)[nH]1. The Kier molecular flexibility index (Phi) is 5.09. The lowest BCUT2D eigenvalue weighted by Crippen LogP contribution is -2.49. The first kappa shape index (κ1) is 17.9. The molecule has 0 unspecified atom stereocenters. The quantitative estimate of drug-likeness (QED) is 0.784. The van der Waals surface area contributed by atoms with Crippen LogP contribution in [-0.2, 0) is 16.6 Å². The van der Waals surface area contributed by atoms with Gasteiger partial charge in [-0.15, -0.1) is 0 Å². The number of piperazine rings is 1. The number of hydrogen-bond donors (Lipinski definition) is 2. The van der Waals surface area contributed by atoms with Crippen LogP contribution in [0, 0.1) is 0 Å². The van der Waals surface area contributed by atoms with E-state index in [4.69, 9.17) is 11.6 Å². The number of benzene rings is 1. The molecule has 1 aliphatic rings. The van der Waals surface area contributed by atoms with Gasteiger partial charge >= 0.3 is 5.69 Å². The molecule has 0 saturated carbocycles. The van der Waals surface area contributed by atoms with Crippen molar-refractivity contribution in [3.8, 4) is 0 Å². The molecule has 0 amide bonds. The predicted octanol–water partition coefficient (Wildman–Crippen LogP) is 0.223. The summed E-state index contributed by atoms with van der Waals surface area (Å²) in [5.74, 6) is 0. The summed E-state index contributed by atoms with van der Waals surface area (Å²) >= 11 is 6.15. The molecular weight excluding hydrogens is 368 g/mol. The summed E-state index contributed by atoms with van der Waals surface area (Å²) in [6.45, 7) is 2.18. The molecule has 1 fully saturated rings. The molecule has 0 aliphatic carbocycles. The third kappa shape index (κ3) is 3.84. The van der Waals surface area contributed by atoms with Crippen molar-refractivity contribution in [1.29, 1.82) is 0 Å². The van der Waals surface area contributed by atoms with E-state index in [1.54, 1.807) is 0 Å². The van der Waals surface area contributed by atoms with Crippen LogP contribution in [0.2, 0.25) is 5.02 Å². The standard InChI is InChI=1S/C15H17ClN4O4S/c16-12-4-2-1-3-11(12)10-19-5-7-20(8-6-19)25(23,24)13-9-17-15(22)18-14(13)21/h1-4,9H,5-8,10H2,(H2,17,18,21,22). The third-order valence-electron chi connectivity index (χ3n) is 4.09. The van der Waals surface area contributed by atoms with Gasteiger partial charge in [0.25, 0.3) is 5.56 Å². The van der Waals surface area contributed by atoms with E-state index in [1.807, 2.05) is 29.2 Å². The maximum atomic E-state index is 12.6. The topological polar surface area (TPSA) is 106 Å². The van der Waals surface area contributed by atoms with Crippen LogP contribution in [0.1, 0.15) is 5.56 Å². The van der Waals surface area contributed by atoms with Crippen molar-refractivity contribution < 1.29 is 8.42 Å². The molecule has 134 valence electrons. The Bertz CT molecular complexity index is 977. The van der Waals surface area contributed by atoms with Crippen molar-refractivity contribution in [3.63, 3.8) is 0 Å². The van der Waals surface area contributed by atoms with Crippen molar-refractivity contribution in [2.75, 3.05) is 26.2 Å². The zero-order chi connectivity index (χ0) is 18.0. The number of sulfonamides is 1. The average molecular weight is 385 g/mol. The highest BCUT2D eigenvalue weighted by molar-refractivity contribution is 7.89. The van der Waals surface area contributed by atoms with Crippen LogP contribution in [0.25, 0.3) is 0 Å². The summed E-state index contributed by atoms with van der Waals surface area (Å²) in [5.41, 5.74) is -0.673. The lowest BCUT2D eigenvalue weighted by molar-refractivity contribution is 0.181. The maximum Gasteiger partial charge on any atom is 0.325 e. The Morgan fingerprint density at radius 3 is 2.40 bits per heavy atom. The zero-order valence-electron chi connectivity index (χ0n) is 13.2. The monoisotopic (exact) mass is 384 g/mol. The van der Waals surface area contributed by atoms with Gasteiger partial charge in [-0.2, -0.15) is 4.31 Å². The smallest absolute Gasteiger partial charge is 0.313 e. The van der Waals surface area contributed by atoms with Crippen LogP contribution in [-0.4, -0.2) is 53.8 Å². The molecule has 0 atom stereocenters. The molecule has 3 rings (SSSR count). The molecule has 0 spiro atoms. The predicted molar refractivity (Wildman–Crippen MR) is 93.2 cm³/mol. The second kappa shape index (κ2) is 7.12. The first-order valence-corrected chi connectivity index (χ1v) is 9.47. The van der Waals surface area contributed by atoms with E-state index in [9.17, 15) is 18.0 Å². The summed E-state index contributed by atoms with van der Waals surface area (Å²) in [7, 11) is -3.95. The maximum absolute atomic E-state index is 12.6. The van der Waals surface area contributed by atoms with Crippen LogP contribution in [0.15, 0.2) is 44.9 Å². The van der Waals surface area contributed by atoms with Gasteiger partial charge in [0.2, 0.25) is 10.0 Å². The number of aromatic nitrogens is 2. The lowest BCUT2D eigenvalue weighted by Gasteiger charge is -2.33. The highest BCUT2D eigenvalue weighted by Gasteiger charge is 2.30. The summed E-state index contributed by atoms with van der Waals surface area (Å²) in [6, 6.07) is 7.52. The highest BCUT2D eigenvalue weighted by atomic mass is 35.5. The molecule has 10 heteroatoms. The molecule has 0 radical (unpaired) electrons. The number of rotatable bonds is 4. The number of nitrogens with one attached hydrogen (secondary N) is 2. The summed E-state index contributed by atoms with van der Waals surface area (Å²) < 4.78 is 26.4. The molecule has 1 aliphatic heterocycles. The van der Waals surface area contributed by atoms with Gasteiger partial charge in [-0.1, -0.05) is 29.8 Å². The molecule has 0 bridgehead atoms. The van der Waals surface area contributed by atoms with Gasteiger partial charge in [0.05, 0.1) is 0 Å². The van der Waals surface area contributed by atoms with Crippen molar-refractivity contribution in [2.45, 2.75) is 11.4 Å². The minimum absolute atomic E-state index is 0.255. The van der Waals surface area contributed by atoms with Gasteiger partial charge in [-0.05, 0) is 11.6 Å². The lowest BCUT2D eigenvalue weighted by atomic mass is 10.2. The minimum Gasteiger partial charge on any atom is -0.313 e. The van der Waals surface area contributed by atoms with E-state index in [0.29, 0.717) is 24.7 Å². The van der Waals surface area contributed by atoms with Gasteiger partial charge < -0.3 is 4.98 Å². The van der Waals surface area contributed by atoms with Crippen molar-refractivity contribution >= 4 is 21.6 Å². The molecule has 2 N–H and O–H groups in total. The fraction of sp³-hybridized carbons (Fsp3) is 0.333. The fourth-order valence-corrected chi connectivity index (χ4v) is 4.33. The number of H-pyrrole nitrogens is 2. The number of aromatic amines is 2. The Morgan fingerprint density at radius 2 is 1.76 bits per heavy atom. The summed E-state index contributed by atoms with van der Waals surface area (Å²) in [5, 5.41) is 0.678. The summed E-state index contributed by atoms with van der Waals surface area (Å²) in [6.07, 6.45) is 0.937. The molecule has 1 aromatic heterocycles. The molecular formula is C15H17ClN4O4S. The molecule has 25 heavy (non-hydrogen) atoms. The van der Waals surface area contributed by atoms with Crippen LogP contribution in [0.3, 0.4) is 0 Å². The van der Waals surface area contributed by atoms with Gasteiger partial charge in [-0.25, -0.2) is 13.2 Å². The molecule has 1 saturated heterocycles. The van der Waals surface area contributed by atoms with Crippen molar-refractivity contribution in [2.24, 2.45) is 0 Å². The van der Waals surface area contributed by atoms with Gasteiger partial charge in [-0.3, -0.25) is 14.7 Å². The van der Waals surface area contributed by atoms with E-state index in [1.165, 1.54) is 4.31 Å². The fourth-order valence-electron chi connectivity index (χ4n) is 2.72. The number of hydrogen-bond acceptors (Lipinski definition) is 5. The van der Waals surface area contributed by atoms with E-state index < -0.39 is 26.2 Å². The Balaban J connectivity index is 1.70. The first-order valence-electron chi connectivity index (χ1n) is 7.66. The Labute approximate surface area is 149 Å². The second-order valence-electron chi connectivity index (χ2n) is 5.71. The first-order chi connectivity index (χ1) is 11.9. The second-order valence-corrected chi connectivity index (χ2v) is 8.02. The Hall–Kier alpha value is -1.94. The van der Waals surface area contributed by atoms with E-state index >= 15 is 0 Å². The minimum atomic E-state index is -3.95. The van der Waals surface area contributed by atoms with Crippen LogP contribution < -0.4 is 11.2 Å².